The van der Waals surface area contributed by atoms with Gasteiger partial charge in [-0.1, -0.05) is 17.7 Å². The number of hydrogen-bond donors (Lipinski definition) is 7. The van der Waals surface area contributed by atoms with Crippen LogP contribution in [0.4, 0.5) is 0 Å². The second-order valence-electron chi connectivity index (χ2n) is 7.53. The molecule has 4 unspecified atom stereocenters. The van der Waals surface area contributed by atoms with E-state index in [1.807, 2.05) is 4.98 Å². The molecular formula is C15H19ClN2O18P4. The Labute approximate surface area is 226 Å². The highest BCUT2D eigenvalue weighted by atomic mass is 35.5. The normalized spacial score (nSPS) is 27.2. The van der Waals surface area contributed by atoms with Crippen LogP contribution in [0.3, 0.4) is 0 Å². The number of halogens is 1. The summed E-state index contributed by atoms with van der Waals surface area (Å²) in [6.07, 6.45) is -6.06. The molecular weight excluding hydrogens is 656 g/mol. The first kappa shape index (κ1) is 33.0. The second kappa shape index (κ2) is 12.4. The average Bonchev–Trinajstić information content (AvgIpc) is 3.03. The molecule has 0 aliphatic carbocycles. The van der Waals surface area contributed by atoms with E-state index in [1.54, 1.807) is 0 Å². The smallest absolute Gasteiger partial charge is 0.404 e. The highest BCUT2D eigenvalue weighted by molar-refractivity contribution is 7.69. The fourth-order valence-electron chi connectivity index (χ4n) is 3.01. The monoisotopic (exact) mass is 674 g/mol. The highest BCUT2D eigenvalue weighted by Crippen LogP contribution is 2.71. The fraction of sp³-hybridized carbons (Fsp3) is 0.333. The van der Waals surface area contributed by atoms with Crippen molar-refractivity contribution in [3.8, 4) is 5.75 Å². The minimum absolute atomic E-state index is 0.0266. The van der Waals surface area contributed by atoms with Gasteiger partial charge in [0.05, 0.1) is 6.61 Å². The van der Waals surface area contributed by atoms with Crippen molar-refractivity contribution < 1.29 is 74.8 Å². The summed E-state index contributed by atoms with van der Waals surface area (Å²) in [6, 6.07) is 5.60. The molecule has 0 radical (unpaired) electrons. The molecule has 8 atom stereocenters. The van der Waals surface area contributed by atoms with E-state index < -0.39 is 79.4 Å². The van der Waals surface area contributed by atoms with E-state index in [4.69, 9.17) is 16.3 Å². The Hall–Kier alpha value is -1.53. The number of benzene rings is 1. The third kappa shape index (κ3) is 9.24. The number of aliphatic hydroxyl groups is 2. The first-order chi connectivity index (χ1) is 18.3. The van der Waals surface area contributed by atoms with Crippen LogP contribution in [-0.4, -0.2) is 64.3 Å². The summed E-state index contributed by atoms with van der Waals surface area (Å²) < 4.78 is 74.1. The molecule has 20 nitrogen and oxygen atoms in total. The summed E-state index contributed by atoms with van der Waals surface area (Å²) in [7, 11) is -23.4. The number of H-pyrrole nitrogens is 1. The predicted molar refractivity (Wildman–Crippen MR) is 128 cm³/mol. The van der Waals surface area contributed by atoms with Gasteiger partial charge in [0.1, 0.15) is 24.1 Å². The van der Waals surface area contributed by atoms with Crippen molar-refractivity contribution in [2.45, 2.75) is 24.5 Å². The molecule has 1 aliphatic heterocycles. The molecule has 0 spiro atoms. The predicted octanol–water partition coefficient (Wildman–Crippen LogP) is 0.356. The summed E-state index contributed by atoms with van der Waals surface area (Å²) >= 11 is 5.66. The number of phosphoric ester groups is 2. The first-order valence-electron chi connectivity index (χ1n) is 10.2. The third-order valence-corrected chi connectivity index (χ3v) is 10.6. The number of hydrogen-bond acceptors (Lipinski definition) is 14. The van der Waals surface area contributed by atoms with E-state index >= 15 is 0 Å². The van der Waals surface area contributed by atoms with Gasteiger partial charge in [-0.15, -0.1) is 0 Å². The number of phosphoric acid groups is 4. The minimum Gasteiger partial charge on any atom is -0.404 e. The lowest BCUT2D eigenvalue weighted by molar-refractivity contribution is -0.0542. The number of nitrogens with zero attached hydrogens (tertiary/aromatic N) is 1. The quantitative estimate of drug-likeness (QED) is 0.149. The summed E-state index contributed by atoms with van der Waals surface area (Å²) in [5.74, 6) is -0.427. The number of aromatic nitrogens is 2. The molecule has 1 aromatic carbocycles. The van der Waals surface area contributed by atoms with E-state index in [2.05, 4.69) is 22.0 Å². The first-order valence-corrected chi connectivity index (χ1v) is 16.5. The van der Waals surface area contributed by atoms with E-state index in [1.165, 1.54) is 12.1 Å². The Morgan fingerprint density at radius 1 is 0.900 bits per heavy atom. The zero-order valence-electron chi connectivity index (χ0n) is 19.2. The van der Waals surface area contributed by atoms with Crippen molar-refractivity contribution in [3.05, 3.63) is 62.4 Å². The molecule has 3 rings (SSSR count). The van der Waals surface area contributed by atoms with Crippen molar-refractivity contribution in [2.24, 2.45) is 0 Å². The molecule has 1 fully saturated rings. The molecule has 40 heavy (non-hydrogen) atoms. The third-order valence-electron chi connectivity index (χ3n) is 4.50. The molecule has 0 amide bonds. The Bertz CT molecular complexity index is 1550. The van der Waals surface area contributed by atoms with Crippen molar-refractivity contribution in [1.29, 1.82) is 0 Å². The Kier molecular flexibility index (Phi) is 10.2. The molecule has 25 heteroatoms. The second-order valence-corrected chi connectivity index (χ2v) is 14.1. The van der Waals surface area contributed by atoms with E-state index in [0.717, 1.165) is 24.4 Å². The minimum atomic E-state index is -6.09. The topological polar surface area (TPSA) is 300 Å². The molecule has 0 saturated carbocycles. The van der Waals surface area contributed by atoms with Crippen LogP contribution in [0, 0.1) is 0 Å². The lowest BCUT2D eigenvalue weighted by Crippen LogP contribution is -2.37. The zero-order valence-corrected chi connectivity index (χ0v) is 23.5. The van der Waals surface area contributed by atoms with Gasteiger partial charge in [0.15, 0.2) is 6.23 Å². The van der Waals surface area contributed by atoms with Crippen LogP contribution in [-0.2, 0) is 40.5 Å². The number of rotatable bonds is 12. The Balaban J connectivity index is 1.60. The molecule has 0 bridgehead atoms. The van der Waals surface area contributed by atoms with Crippen molar-refractivity contribution in [3.63, 3.8) is 0 Å². The molecule has 2 aromatic rings. The van der Waals surface area contributed by atoms with Crippen LogP contribution in [0.25, 0.3) is 0 Å². The van der Waals surface area contributed by atoms with Gasteiger partial charge in [-0.25, -0.2) is 23.1 Å². The zero-order chi connectivity index (χ0) is 30.1. The molecule has 224 valence electrons. The van der Waals surface area contributed by atoms with Gasteiger partial charge >= 0.3 is 37.0 Å². The van der Waals surface area contributed by atoms with Gasteiger partial charge in [0.2, 0.25) is 0 Å². The Morgan fingerprint density at radius 3 is 2.10 bits per heavy atom. The average molecular weight is 675 g/mol. The fourth-order valence-corrected chi connectivity index (χ4v) is 8.13. The lowest BCUT2D eigenvalue weighted by atomic mass is 10.1. The number of aromatic amines is 1. The van der Waals surface area contributed by atoms with Crippen LogP contribution in [0.2, 0.25) is 5.02 Å². The molecule has 1 aliphatic rings. The van der Waals surface area contributed by atoms with Gasteiger partial charge in [-0.05, 0) is 18.2 Å². The van der Waals surface area contributed by atoms with Crippen molar-refractivity contribution in [2.75, 3.05) is 6.61 Å². The van der Waals surface area contributed by atoms with E-state index in [9.17, 15) is 57.6 Å². The van der Waals surface area contributed by atoms with Crippen LogP contribution in [0.5, 0.6) is 5.75 Å². The molecule has 2 heterocycles. The summed E-state index contributed by atoms with van der Waals surface area (Å²) in [5, 5.41) is 20.3. The van der Waals surface area contributed by atoms with Crippen LogP contribution in [0.15, 0.2) is 46.1 Å². The van der Waals surface area contributed by atoms with Gasteiger partial charge < -0.3 is 34.2 Å². The van der Waals surface area contributed by atoms with Gasteiger partial charge in [-0.2, -0.15) is 12.9 Å². The maximum absolute atomic E-state index is 12.1. The molecule has 7 N–H and O–H groups in total. The van der Waals surface area contributed by atoms with Gasteiger partial charge in [0, 0.05) is 17.3 Å². The lowest BCUT2D eigenvalue weighted by Gasteiger charge is -2.21. The van der Waals surface area contributed by atoms with Gasteiger partial charge in [0.25, 0.3) is 5.56 Å². The van der Waals surface area contributed by atoms with Crippen LogP contribution in [0.1, 0.15) is 6.23 Å². The van der Waals surface area contributed by atoms with Gasteiger partial charge in [-0.3, -0.25) is 23.8 Å². The maximum atomic E-state index is 12.1. The summed E-state index contributed by atoms with van der Waals surface area (Å²) in [4.78, 5) is 63.5. The van der Waals surface area contributed by atoms with Crippen molar-refractivity contribution >= 4 is 42.9 Å². The molecule has 1 saturated heterocycles. The SMILES string of the molecule is O=c1ccn([C@@H]2O[C@H](COP(=O)(O)OP(=O)(O)OP(=O)(O)OP(=O)(O)Oc3cccc(Cl)c3)[C@@H](O)[C@H]2O)c(=O)[nH]1. The largest absolute Gasteiger partial charge is 0.536 e. The van der Waals surface area contributed by atoms with E-state index in [0.29, 0.717) is 4.57 Å². The molecule has 1 aromatic heterocycles. The summed E-state index contributed by atoms with van der Waals surface area (Å²) in [5.41, 5.74) is -1.82. The summed E-state index contributed by atoms with van der Waals surface area (Å²) in [6.45, 7) is -1.15. The Morgan fingerprint density at radius 2 is 1.50 bits per heavy atom. The number of aliphatic hydroxyl groups excluding tert-OH is 2. The number of ether oxygens (including phenoxy) is 1. The van der Waals surface area contributed by atoms with E-state index in [-0.39, 0.29) is 5.02 Å². The standard InChI is InChI=1S/C15H19ClN2O18P4/c16-8-2-1-3-9(6-8)33-38(25,26)35-40(29,30)36-39(27,28)34-37(23,24)31-7-10-12(20)13(21)14(32-10)18-5-4-11(19)17-15(18)22/h1-6,10,12-14,20-21H,7H2,(H,23,24)(H,25,26)(H,27,28)(H,29,30)(H,17,19,22)/t10-,12-,13-,14-/m1/s1. The number of nitrogens with one attached hydrogen (secondary N) is 1. The van der Waals surface area contributed by atoms with Crippen LogP contribution < -0.4 is 15.8 Å². The maximum Gasteiger partial charge on any atom is 0.536 e. The highest BCUT2D eigenvalue weighted by Gasteiger charge is 2.48. The van der Waals surface area contributed by atoms with Crippen molar-refractivity contribution in [1.82, 2.24) is 9.55 Å². The van der Waals surface area contributed by atoms with Crippen LogP contribution >= 0.6 is 42.9 Å².